The van der Waals surface area contributed by atoms with Gasteiger partial charge in [-0.15, -0.1) is 0 Å². The third-order valence-electron chi connectivity index (χ3n) is 4.66. The zero-order chi connectivity index (χ0) is 20.4. The SMILES string of the molecule is COC(=O)C1=C(Nc2cc3c(cc2-n2ccnc2)OCCO3)C(=O)N(CCO)C1. The van der Waals surface area contributed by atoms with Crippen molar-refractivity contribution in [2.75, 3.05) is 45.3 Å². The van der Waals surface area contributed by atoms with Gasteiger partial charge >= 0.3 is 5.97 Å². The van der Waals surface area contributed by atoms with Gasteiger partial charge in [-0.2, -0.15) is 0 Å². The monoisotopic (exact) mass is 400 g/mol. The molecule has 1 amide bonds. The second-order valence-electron chi connectivity index (χ2n) is 6.40. The summed E-state index contributed by atoms with van der Waals surface area (Å²) in [7, 11) is 1.26. The highest BCUT2D eigenvalue weighted by atomic mass is 16.6. The molecule has 2 N–H and O–H groups in total. The minimum atomic E-state index is -0.608. The Balaban J connectivity index is 1.77. The number of carbonyl (C=O) groups excluding carboxylic acids is 2. The van der Waals surface area contributed by atoms with Crippen LogP contribution >= 0.6 is 0 Å². The molecule has 10 nitrogen and oxygen atoms in total. The van der Waals surface area contributed by atoms with Crippen LogP contribution in [-0.4, -0.2) is 71.5 Å². The molecule has 10 heteroatoms. The normalized spacial score (nSPS) is 15.7. The summed E-state index contributed by atoms with van der Waals surface area (Å²) in [5.74, 6) is 0.0988. The van der Waals surface area contributed by atoms with Crippen molar-refractivity contribution in [1.29, 1.82) is 0 Å². The number of methoxy groups -OCH3 is 1. The first-order chi connectivity index (χ1) is 14.1. The van der Waals surface area contributed by atoms with Crippen molar-refractivity contribution in [3.8, 4) is 17.2 Å². The predicted molar refractivity (Wildman–Crippen MR) is 101 cm³/mol. The maximum absolute atomic E-state index is 12.8. The van der Waals surface area contributed by atoms with Crippen molar-refractivity contribution in [3.63, 3.8) is 0 Å². The number of hydrogen-bond acceptors (Lipinski definition) is 8. The molecule has 0 bridgehead atoms. The Bertz CT molecular complexity index is 969. The minimum Gasteiger partial charge on any atom is -0.486 e. The van der Waals surface area contributed by atoms with Gasteiger partial charge in [0.2, 0.25) is 0 Å². The van der Waals surface area contributed by atoms with Crippen LogP contribution in [0, 0.1) is 0 Å². The van der Waals surface area contributed by atoms with Crippen LogP contribution < -0.4 is 14.8 Å². The Morgan fingerprint density at radius 3 is 2.72 bits per heavy atom. The van der Waals surface area contributed by atoms with Gasteiger partial charge in [-0.25, -0.2) is 9.78 Å². The first-order valence-electron chi connectivity index (χ1n) is 9.03. The zero-order valence-corrected chi connectivity index (χ0v) is 15.8. The van der Waals surface area contributed by atoms with E-state index < -0.39 is 11.9 Å². The molecule has 0 aliphatic carbocycles. The number of fused-ring (bicyclic) bond motifs is 1. The van der Waals surface area contributed by atoms with Gasteiger partial charge in [-0.3, -0.25) is 4.79 Å². The van der Waals surface area contributed by atoms with Gasteiger partial charge < -0.3 is 34.1 Å². The average Bonchev–Trinajstić information content (AvgIpc) is 3.37. The van der Waals surface area contributed by atoms with E-state index in [1.807, 2.05) is 0 Å². The van der Waals surface area contributed by atoms with E-state index in [4.69, 9.17) is 14.2 Å². The number of amides is 1. The lowest BCUT2D eigenvalue weighted by Gasteiger charge is -2.22. The minimum absolute atomic E-state index is 0.0549. The van der Waals surface area contributed by atoms with Gasteiger partial charge in [-0.05, 0) is 0 Å². The lowest BCUT2D eigenvalue weighted by Crippen LogP contribution is -2.31. The van der Waals surface area contributed by atoms with Crippen molar-refractivity contribution in [3.05, 3.63) is 42.1 Å². The number of anilines is 1. The van der Waals surface area contributed by atoms with Crippen LogP contribution in [0.2, 0.25) is 0 Å². The van der Waals surface area contributed by atoms with Gasteiger partial charge in [-0.1, -0.05) is 0 Å². The molecule has 29 heavy (non-hydrogen) atoms. The molecule has 0 atom stereocenters. The second-order valence-corrected chi connectivity index (χ2v) is 6.40. The summed E-state index contributed by atoms with van der Waals surface area (Å²) in [5.41, 5.74) is 1.49. The number of benzene rings is 1. The van der Waals surface area contributed by atoms with Crippen molar-refractivity contribution < 1.29 is 28.9 Å². The van der Waals surface area contributed by atoms with Crippen LogP contribution in [0.4, 0.5) is 5.69 Å². The number of nitrogens with zero attached hydrogens (tertiary/aromatic N) is 3. The average molecular weight is 400 g/mol. The molecule has 152 valence electrons. The van der Waals surface area contributed by atoms with Gasteiger partial charge in [0.05, 0.1) is 43.5 Å². The number of nitrogens with one attached hydrogen (secondary N) is 1. The molecule has 0 fully saturated rings. The smallest absolute Gasteiger partial charge is 0.337 e. The van der Waals surface area contributed by atoms with Crippen molar-refractivity contribution >= 4 is 17.6 Å². The zero-order valence-electron chi connectivity index (χ0n) is 15.8. The molecular formula is C19H20N4O6. The van der Waals surface area contributed by atoms with E-state index >= 15 is 0 Å². The Labute approximate surface area is 166 Å². The molecule has 1 aromatic heterocycles. The third kappa shape index (κ3) is 3.49. The van der Waals surface area contributed by atoms with Crippen LogP contribution in [0.1, 0.15) is 0 Å². The molecule has 0 radical (unpaired) electrons. The molecule has 3 heterocycles. The number of hydrogen-bond donors (Lipinski definition) is 2. The largest absolute Gasteiger partial charge is 0.486 e. The maximum Gasteiger partial charge on any atom is 0.337 e. The number of aliphatic hydroxyl groups is 1. The summed E-state index contributed by atoms with van der Waals surface area (Å²) in [6.07, 6.45) is 4.99. The summed E-state index contributed by atoms with van der Waals surface area (Å²) in [4.78, 5) is 30.5. The van der Waals surface area contributed by atoms with Crippen LogP contribution in [0.25, 0.3) is 5.69 Å². The molecular weight excluding hydrogens is 380 g/mol. The van der Waals surface area contributed by atoms with E-state index in [1.54, 1.807) is 35.4 Å². The van der Waals surface area contributed by atoms with E-state index in [2.05, 4.69) is 10.3 Å². The second kappa shape index (κ2) is 7.84. The summed E-state index contributed by atoms with van der Waals surface area (Å²) >= 11 is 0. The number of esters is 1. The number of carbonyl (C=O) groups is 2. The highest BCUT2D eigenvalue weighted by Crippen LogP contribution is 2.38. The Hall–Kier alpha value is -3.53. The van der Waals surface area contributed by atoms with Crippen molar-refractivity contribution in [2.24, 2.45) is 0 Å². The van der Waals surface area contributed by atoms with Gasteiger partial charge in [0.15, 0.2) is 11.5 Å². The number of imidazole rings is 1. The van der Waals surface area contributed by atoms with Gasteiger partial charge in [0.1, 0.15) is 18.9 Å². The first-order valence-corrected chi connectivity index (χ1v) is 9.03. The van der Waals surface area contributed by atoms with E-state index in [9.17, 15) is 14.7 Å². The Kier molecular flexibility index (Phi) is 5.09. The van der Waals surface area contributed by atoms with Gasteiger partial charge in [0.25, 0.3) is 5.91 Å². The summed E-state index contributed by atoms with van der Waals surface area (Å²) in [5, 5.41) is 12.3. The standard InChI is InChI=1S/C19H20N4O6/c1-27-19(26)12-10-22(4-5-24)18(25)17(12)21-13-8-15-16(29-7-6-28-15)9-14(13)23-3-2-20-11-23/h2-3,8-9,11,21,24H,4-7,10H2,1H3. The van der Waals surface area contributed by atoms with Crippen molar-refractivity contribution in [2.45, 2.75) is 0 Å². The number of aromatic nitrogens is 2. The summed E-state index contributed by atoms with van der Waals surface area (Å²) < 4.78 is 17.9. The lowest BCUT2D eigenvalue weighted by atomic mass is 10.2. The fourth-order valence-electron chi connectivity index (χ4n) is 3.28. The molecule has 0 saturated heterocycles. The maximum atomic E-state index is 12.8. The lowest BCUT2D eigenvalue weighted by molar-refractivity contribution is -0.136. The topological polar surface area (TPSA) is 115 Å². The van der Waals surface area contributed by atoms with Crippen LogP contribution in [-0.2, 0) is 14.3 Å². The van der Waals surface area contributed by atoms with Crippen molar-refractivity contribution in [1.82, 2.24) is 14.5 Å². The molecule has 4 rings (SSSR count). The first kappa shape index (κ1) is 18.8. The fourth-order valence-corrected chi connectivity index (χ4v) is 3.28. The van der Waals surface area contributed by atoms with E-state index in [1.165, 1.54) is 12.0 Å². The van der Waals surface area contributed by atoms with E-state index in [-0.39, 0.29) is 31.0 Å². The molecule has 0 spiro atoms. The predicted octanol–water partition coefficient (Wildman–Crippen LogP) is 0.317. The summed E-state index contributed by atoms with van der Waals surface area (Å²) in [6, 6.07) is 3.50. The quantitative estimate of drug-likeness (QED) is 0.666. The number of ether oxygens (including phenoxy) is 3. The summed E-state index contributed by atoms with van der Waals surface area (Å²) in [6.45, 7) is 0.808. The highest BCUT2D eigenvalue weighted by Gasteiger charge is 2.35. The van der Waals surface area contributed by atoms with Crippen LogP contribution in [0.15, 0.2) is 42.1 Å². The fraction of sp³-hybridized carbons (Fsp3) is 0.316. The van der Waals surface area contributed by atoms with Gasteiger partial charge in [0, 0.05) is 31.1 Å². The van der Waals surface area contributed by atoms with Crippen LogP contribution in [0.3, 0.4) is 0 Å². The third-order valence-corrected chi connectivity index (χ3v) is 4.66. The molecule has 0 unspecified atom stereocenters. The molecule has 2 aliphatic heterocycles. The molecule has 2 aromatic rings. The molecule has 0 saturated carbocycles. The molecule has 1 aromatic carbocycles. The number of rotatable bonds is 6. The van der Waals surface area contributed by atoms with Crippen LogP contribution in [0.5, 0.6) is 11.5 Å². The van der Waals surface area contributed by atoms with E-state index in [0.717, 1.165) is 0 Å². The Morgan fingerprint density at radius 1 is 1.31 bits per heavy atom. The molecule has 2 aliphatic rings. The number of β-amino-alcohol motifs (C(OH)–C–C–N with tert-alkyl or cyclic N) is 1. The Morgan fingerprint density at radius 2 is 2.07 bits per heavy atom. The highest BCUT2D eigenvalue weighted by molar-refractivity contribution is 6.08. The number of aliphatic hydroxyl groups excluding tert-OH is 1. The van der Waals surface area contributed by atoms with E-state index in [0.29, 0.717) is 36.1 Å².